The van der Waals surface area contributed by atoms with Crippen LogP contribution in [0.4, 0.5) is 5.69 Å². The first kappa shape index (κ1) is 12.4. The van der Waals surface area contributed by atoms with Gasteiger partial charge in [-0.2, -0.15) is 0 Å². The fourth-order valence-electron chi connectivity index (χ4n) is 2.21. The van der Waals surface area contributed by atoms with Gasteiger partial charge in [-0.05, 0) is 23.6 Å². The van der Waals surface area contributed by atoms with Crippen molar-refractivity contribution in [3.63, 3.8) is 0 Å². The third-order valence-electron chi connectivity index (χ3n) is 3.18. The van der Waals surface area contributed by atoms with Crippen molar-refractivity contribution in [2.45, 2.75) is 13.0 Å². The molecule has 0 unspecified atom stereocenters. The molecule has 1 aromatic rings. The normalized spacial score (nSPS) is 15.8. The van der Waals surface area contributed by atoms with E-state index >= 15 is 0 Å². The molecule has 0 atom stereocenters. The number of aliphatic hydroxyl groups excluding tert-OH is 1. The van der Waals surface area contributed by atoms with Crippen LogP contribution < -0.4 is 5.73 Å². The van der Waals surface area contributed by atoms with Gasteiger partial charge in [0.2, 0.25) is 0 Å². The molecule has 94 valence electrons. The minimum absolute atomic E-state index is 0.0930. The number of nitrogen functional groups attached to an aromatic ring is 1. The number of nitrogens with two attached hydrogens (primary N) is 1. The smallest absolute Gasteiger partial charge is 0.0698 e. The van der Waals surface area contributed by atoms with Gasteiger partial charge in [-0.3, -0.25) is 4.90 Å². The van der Waals surface area contributed by atoms with Crippen LogP contribution in [0.15, 0.2) is 18.2 Å². The maximum absolute atomic E-state index is 8.61. The average molecular weight is 236 g/mol. The van der Waals surface area contributed by atoms with Crippen molar-refractivity contribution in [2.75, 3.05) is 38.6 Å². The highest BCUT2D eigenvalue weighted by Gasteiger charge is 2.17. The lowest BCUT2D eigenvalue weighted by atomic mass is 9.98. The third kappa shape index (κ3) is 3.19. The van der Waals surface area contributed by atoms with Gasteiger partial charge in [0.05, 0.1) is 19.8 Å². The molecule has 2 rings (SSSR count). The predicted octanol–water partition coefficient (Wildman–Crippen LogP) is 0.636. The number of anilines is 1. The molecule has 3 N–H and O–H groups in total. The summed E-state index contributed by atoms with van der Waals surface area (Å²) in [7, 11) is 0. The Labute approximate surface area is 102 Å². The van der Waals surface area contributed by atoms with Crippen molar-refractivity contribution in [2.24, 2.45) is 0 Å². The molecule has 0 aromatic heterocycles. The van der Waals surface area contributed by atoms with Gasteiger partial charge in [-0.1, -0.05) is 12.1 Å². The second-order valence-electron chi connectivity index (χ2n) is 4.35. The number of benzene rings is 1. The summed E-state index contributed by atoms with van der Waals surface area (Å²) in [6.45, 7) is 4.04. The fourth-order valence-corrected chi connectivity index (χ4v) is 2.21. The largest absolute Gasteiger partial charge is 0.398 e. The van der Waals surface area contributed by atoms with Gasteiger partial charge in [0.25, 0.3) is 0 Å². The van der Waals surface area contributed by atoms with E-state index in [9.17, 15) is 0 Å². The van der Waals surface area contributed by atoms with Crippen LogP contribution in [0.5, 0.6) is 0 Å². The highest BCUT2D eigenvalue weighted by molar-refractivity contribution is 5.51. The molecule has 1 heterocycles. The molecule has 0 spiro atoms. The lowest BCUT2D eigenvalue weighted by Gasteiger charge is -2.29. The number of fused-ring (bicyclic) bond motifs is 1. The average Bonchev–Trinajstić information content (AvgIpc) is 2.36. The lowest BCUT2D eigenvalue weighted by Crippen LogP contribution is -2.33. The molecule has 17 heavy (non-hydrogen) atoms. The van der Waals surface area contributed by atoms with Gasteiger partial charge in [0.15, 0.2) is 0 Å². The molecule has 0 bridgehead atoms. The number of aliphatic hydroxyl groups is 1. The standard InChI is InChI=1S/C13H20N2O2/c14-13-3-1-2-11-4-5-15(10-12(11)13)6-8-17-9-7-16/h1-3,16H,4-10,14H2. The SMILES string of the molecule is Nc1cccc2c1CN(CCOCCO)CC2. The summed E-state index contributed by atoms with van der Waals surface area (Å²) >= 11 is 0. The maximum Gasteiger partial charge on any atom is 0.0698 e. The fraction of sp³-hybridized carbons (Fsp3) is 0.538. The highest BCUT2D eigenvalue weighted by Crippen LogP contribution is 2.23. The minimum atomic E-state index is 0.0930. The summed E-state index contributed by atoms with van der Waals surface area (Å²) < 4.78 is 5.28. The molecular weight excluding hydrogens is 216 g/mol. The zero-order valence-electron chi connectivity index (χ0n) is 10.1. The highest BCUT2D eigenvalue weighted by atomic mass is 16.5. The number of ether oxygens (including phenoxy) is 1. The van der Waals surface area contributed by atoms with E-state index in [4.69, 9.17) is 15.6 Å². The van der Waals surface area contributed by atoms with E-state index in [0.29, 0.717) is 13.2 Å². The van der Waals surface area contributed by atoms with Crippen molar-refractivity contribution in [3.8, 4) is 0 Å². The van der Waals surface area contributed by atoms with Crippen molar-refractivity contribution in [1.29, 1.82) is 0 Å². The lowest BCUT2D eigenvalue weighted by molar-refractivity contribution is 0.0709. The first-order valence-electron chi connectivity index (χ1n) is 6.08. The van der Waals surface area contributed by atoms with Gasteiger partial charge in [0, 0.05) is 25.3 Å². The van der Waals surface area contributed by atoms with Crippen molar-refractivity contribution >= 4 is 5.69 Å². The van der Waals surface area contributed by atoms with Crippen molar-refractivity contribution in [1.82, 2.24) is 4.90 Å². The third-order valence-corrected chi connectivity index (χ3v) is 3.18. The molecule has 1 aliphatic heterocycles. The number of hydrogen-bond donors (Lipinski definition) is 2. The van der Waals surface area contributed by atoms with Crippen LogP contribution in [-0.2, 0) is 17.7 Å². The number of nitrogens with zero attached hydrogens (tertiary/aromatic N) is 1. The second-order valence-corrected chi connectivity index (χ2v) is 4.35. The molecular formula is C13H20N2O2. The molecule has 4 heteroatoms. The summed E-state index contributed by atoms with van der Waals surface area (Å²) in [5.74, 6) is 0. The first-order valence-corrected chi connectivity index (χ1v) is 6.08. The summed E-state index contributed by atoms with van der Waals surface area (Å²) in [5, 5.41) is 8.61. The van der Waals surface area contributed by atoms with Crippen LogP contribution in [0, 0.1) is 0 Å². The quantitative estimate of drug-likeness (QED) is 0.582. The van der Waals surface area contributed by atoms with Crippen LogP contribution in [0.25, 0.3) is 0 Å². The Morgan fingerprint density at radius 1 is 1.35 bits per heavy atom. The molecule has 0 aliphatic carbocycles. The Morgan fingerprint density at radius 3 is 3.06 bits per heavy atom. The second kappa shape index (κ2) is 6.00. The topological polar surface area (TPSA) is 58.7 Å². The van der Waals surface area contributed by atoms with E-state index < -0.39 is 0 Å². The van der Waals surface area contributed by atoms with E-state index in [1.54, 1.807) is 0 Å². The van der Waals surface area contributed by atoms with Crippen LogP contribution in [-0.4, -0.2) is 42.9 Å². The van der Waals surface area contributed by atoms with Crippen LogP contribution in [0.3, 0.4) is 0 Å². The number of hydrogen-bond acceptors (Lipinski definition) is 4. The molecule has 1 aromatic carbocycles. The van der Waals surface area contributed by atoms with E-state index in [-0.39, 0.29) is 6.61 Å². The molecule has 4 nitrogen and oxygen atoms in total. The Kier molecular flexibility index (Phi) is 4.36. The summed E-state index contributed by atoms with van der Waals surface area (Å²) in [6.07, 6.45) is 1.06. The van der Waals surface area contributed by atoms with Gasteiger partial charge >= 0.3 is 0 Å². The predicted molar refractivity (Wildman–Crippen MR) is 67.7 cm³/mol. The van der Waals surface area contributed by atoms with E-state index in [2.05, 4.69) is 11.0 Å². The van der Waals surface area contributed by atoms with Crippen molar-refractivity contribution < 1.29 is 9.84 Å². The zero-order valence-corrected chi connectivity index (χ0v) is 10.1. The monoisotopic (exact) mass is 236 g/mol. The van der Waals surface area contributed by atoms with Gasteiger partial charge < -0.3 is 15.6 Å². The Hall–Kier alpha value is -1.10. The summed E-state index contributed by atoms with van der Waals surface area (Å²) in [4.78, 5) is 2.34. The Bertz CT molecular complexity index is 368. The molecule has 0 saturated heterocycles. The van der Waals surface area contributed by atoms with Crippen LogP contribution in [0.1, 0.15) is 11.1 Å². The first-order chi connectivity index (χ1) is 8.31. The molecule has 0 fully saturated rings. The maximum atomic E-state index is 8.61. The van der Waals surface area contributed by atoms with Gasteiger partial charge in [-0.15, -0.1) is 0 Å². The molecule has 0 radical (unpaired) electrons. The minimum Gasteiger partial charge on any atom is -0.398 e. The zero-order chi connectivity index (χ0) is 12.1. The van der Waals surface area contributed by atoms with Crippen LogP contribution >= 0.6 is 0 Å². The number of rotatable bonds is 5. The Morgan fingerprint density at radius 2 is 2.24 bits per heavy atom. The molecule has 0 amide bonds. The van der Waals surface area contributed by atoms with E-state index in [0.717, 1.165) is 31.7 Å². The molecule has 1 aliphatic rings. The van der Waals surface area contributed by atoms with Gasteiger partial charge in [0.1, 0.15) is 0 Å². The molecule has 0 saturated carbocycles. The summed E-state index contributed by atoms with van der Waals surface area (Å²) in [6, 6.07) is 6.14. The summed E-state index contributed by atoms with van der Waals surface area (Å²) in [5.41, 5.74) is 9.52. The Balaban J connectivity index is 1.87. The van der Waals surface area contributed by atoms with Crippen LogP contribution in [0.2, 0.25) is 0 Å². The van der Waals surface area contributed by atoms with Gasteiger partial charge in [-0.25, -0.2) is 0 Å². The van der Waals surface area contributed by atoms with E-state index in [1.165, 1.54) is 11.1 Å². The van der Waals surface area contributed by atoms with Crippen molar-refractivity contribution in [3.05, 3.63) is 29.3 Å². The van der Waals surface area contributed by atoms with E-state index in [1.807, 2.05) is 12.1 Å².